The second kappa shape index (κ2) is 5.78. The van der Waals surface area contributed by atoms with Crippen LogP contribution in [0.5, 0.6) is 0 Å². The van der Waals surface area contributed by atoms with Gasteiger partial charge >= 0.3 is 5.97 Å². The monoisotopic (exact) mass is 289 g/mol. The quantitative estimate of drug-likeness (QED) is 0.893. The van der Waals surface area contributed by atoms with Crippen LogP contribution in [-0.2, 0) is 6.54 Å². The summed E-state index contributed by atoms with van der Waals surface area (Å²) in [7, 11) is 2.15. The number of carboxylic acids is 1. The molecule has 1 aromatic carbocycles. The maximum absolute atomic E-state index is 10.9. The van der Waals surface area contributed by atoms with Crippen molar-refractivity contribution < 1.29 is 15.0 Å². The van der Waals surface area contributed by atoms with Crippen LogP contribution in [-0.4, -0.2) is 40.3 Å². The number of nitrogens with zero attached hydrogens (tertiary/aromatic N) is 1. The highest BCUT2D eigenvalue weighted by Crippen LogP contribution is 2.45. The van der Waals surface area contributed by atoms with Crippen LogP contribution in [0.15, 0.2) is 24.3 Å². The normalized spacial score (nSPS) is 31.6. The summed E-state index contributed by atoms with van der Waals surface area (Å²) in [6.45, 7) is 0.854. The van der Waals surface area contributed by atoms with Crippen LogP contribution in [0.3, 0.4) is 0 Å². The number of aliphatic hydroxyl groups excluding tert-OH is 1. The van der Waals surface area contributed by atoms with E-state index >= 15 is 0 Å². The molecule has 2 N–H and O–H groups in total. The van der Waals surface area contributed by atoms with Crippen molar-refractivity contribution in [2.45, 2.75) is 44.4 Å². The molecule has 2 aliphatic rings. The Hall–Kier alpha value is -1.39. The van der Waals surface area contributed by atoms with Crippen molar-refractivity contribution in [1.82, 2.24) is 4.90 Å². The molecule has 0 bridgehead atoms. The van der Waals surface area contributed by atoms with Gasteiger partial charge in [0.25, 0.3) is 0 Å². The Morgan fingerprint density at radius 3 is 2.24 bits per heavy atom. The molecule has 2 fully saturated rings. The molecule has 1 aromatic rings. The van der Waals surface area contributed by atoms with E-state index < -0.39 is 5.97 Å². The average molecular weight is 289 g/mol. The highest BCUT2D eigenvalue weighted by Gasteiger charge is 2.42. The number of hydrogen-bond donors (Lipinski definition) is 2. The molecule has 0 amide bonds. The lowest BCUT2D eigenvalue weighted by Gasteiger charge is -2.25. The average Bonchev–Trinajstić information content (AvgIpc) is 2.96. The lowest BCUT2D eigenvalue weighted by molar-refractivity contribution is 0.0697. The summed E-state index contributed by atoms with van der Waals surface area (Å²) in [5.41, 5.74) is 1.49. The molecule has 0 saturated heterocycles. The first kappa shape index (κ1) is 14.5. The summed E-state index contributed by atoms with van der Waals surface area (Å²) in [6, 6.07) is 7.74. The fraction of sp³-hybridized carbons (Fsp3) is 0.588. The summed E-state index contributed by atoms with van der Waals surface area (Å²) in [4.78, 5) is 13.2. The van der Waals surface area contributed by atoms with Crippen molar-refractivity contribution >= 4 is 5.97 Å². The maximum Gasteiger partial charge on any atom is 0.335 e. The van der Waals surface area contributed by atoms with Crippen LogP contribution in [0.4, 0.5) is 0 Å². The van der Waals surface area contributed by atoms with E-state index in [-0.39, 0.29) is 6.10 Å². The van der Waals surface area contributed by atoms with E-state index in [1.165, 1.54) is 12.8 Å². The predicted octanol–water partition coefficient (Wildman–Crippen LogP) is 2.37. The van der Waals surface area contributed by atoms with Crippen molar-refractivity contribution in [3.8, 4) is 0 Å². The van der Waals surface area contributed by atoms with Gasteiger partial charge < -0.3 is 10.2 Å². The molecular weight excluding hydrogens is 266 g/mol. The number of rotatable bonds is 4. The van der Waals surface area contributed by atoms with Crippen LogP contribution >= 0.6 is 0 Å². The standard InChI is InChI=1S/C17H23NO3/c1-18(10-11-2-4-12(5-3-11)17(20)21)15-6-13-8-16(19)9-14(13)7-15/h2-5,13-16,19H,6-10H2,1H3,(H,20,21)/t13-,14+,15?,16?. The molecular formula is C17H23NO3. The predicted molar refractivity (Wildman–Crippen MR) is 80.1 cm³/mol. The minimum Gasteiger partial charge on any atom is -0.478 e. The Morgan fingerprint density at radius 1 is 1.14 bits per heavy atom. The first-order valence-corrected chi connectivity index (χ1v) is 7.73. The number of aliphatic hydroxyl groups is 1. The van der Waals surface area contributed by atoms with Gasteiger partial charge in [-0.1, -0.05) is 12.1 Å². The summed E-state index contributed by atoms with van der Waals surface area (Å²) in [6.07, 6.45) is 4.25. The van der Waals surface area contributed by atoms with Gasteiger partial charge in [0, 0.05) is 12.6 Å². The second-order valence-electron chi connectivity index (χ2n) is 6.69. The third-order valence-electron chi connectivity index (χ3n) is 5.22. The number of hydrogen-bond acceptors (Lipinski definition) is 3. The maximum atomic E-state index is 10.9. The molecule has 3 rings (SSSR count). The van der Waals surface area contributed by atoms with E-state index in [1.807, 2.05) is 12.1 Å². The van der Waals surface area contributed by atoms with E-state index in [0.717, 1.165) is 24.9 Å². The van der Waals surface area contributed by atoms with Crippen LogP contribution in [0.25, 0.3) is 0 Å². The van der Waals surface area contributed by atoms with E-state index in [0.29, 0.717) is 23.4 Å². The van der Waals surface area contributed by atoms with Crippen LogP contribution in [0.2, 0.25) is 0 Å². The molecule has 0 heterocycles. The zero-order valence-electron chi connectivity index (χ0n) is 12.4. The van der Waals surface area contributed by atoms with E-state index in [1.54, 1.807) is 12.1 Å². The topological polar surface area (TPSA) is 60.8 Å². The van der Waals surface area contributed by atoms with E-state index in [4.69, 9.17) is 5.11 Å². The molecule has 0 aliphatic heterocycles. The summed E-state index contributed by atoms with van der Waals surface area (Å²) < 4.78 is 0. The number of aromatic carboxylic acids is 1. The Balaban J connectivity index is 1.57. The molecule has 114 valence electrons. The van der Waals surface area contributed by atoms with Gasteiger partial charge in [0.1, 0.15) is 0 Å². The fourth-order valence-electron chi connectivity index (χ4n) is 4.08. The largest absolute Gasteiger partial charge is 0.478 e. The molecule has 0 aromatic heterocycles. The molecule has 2 aliphatic carbocycles. The summed E-state index contributed by atoms with van der Waals surface area (Å²) in [5.74, 6) is 0.515. The number of benzene rings is 1. The van der Waals surface area contributed by atoms with Crippen molar-refractivity contribution in [2.24, 2.45) is 11.8 Å². The van der Waals surface area contributed by atoms with Crippen molar-refractivity contribution in [3.63, 3.8) is 0 Å². The third-order valence-corrected chi connectivity index (χ3v) is 5.22. The van der Waals surface area contributed by atoms with Crippen molar-refractivity contribution in [3.05, 3.63) is 35.4 Å². The van der Waals surface area contributed by atoms with Gasteiger partial charge in [-0.05, 0) is 62.3 Å². The Kier molecular flexibility index (Phi) is 4.00. The van der Waals surface area contributed by atoms with Crippen LogP contribution in [0.1, 0.15) is 41.6 Å². The zero-order chi connectivity index (χ0) is 15.0. The van der Waals surface area contributed by atoms with E-state index in [2.05, 4.69) is 11.9 Å². The van der Waals surface area contributed by atoms with Gasteiger partial charge in [-0.25, -0.2) is 4.79 Å². The van der Waals surface area contributed by atoms with Gasteiger partial charge in [-0.2, -0.15) is 0 Å². The second-order valence-corrected chi connectivity index (χ2v) is 6.69. The molecule has 0 spiro atoms. The highest BCUT2D eigenvalue weighted by molar-refractivity contribution is 5.87. The van der Waals surface area contributed by atoms with E-state index in [9.17, 15) is 9.90 Å². The van der Waals surface area contributed by atoms with Crippen molar-refractivity contribution in [1.29, 1.82) is 0 Å². The number of carbonyl (C=O) groups is 1. The van der Waals surface area contributed by atoms with Gasteiger partial charge in [-0.15, -0.1) is 0 Å². The Bertz CT molecular complexity index is 499. The van der Waals surface area contributed by atoms with Gasteiger partial charge in [0.2, 0.25) is 0 Å². The lowest BCUT2D eigenvalue weighted by atomic mass is 10.0. The molecule has 4 nitrogen and oxygen atoms in total. The minimum absolute atomic E-state index is 0.0742. The van der Waals surface area contributed by atoms with Gasteiger partial charge in [0.15, 0.2) is 0 Å². The Labute approximate surface area is 125 Å². The lowest BCUT2D eigenvalue weighted by Crippen LogP contribution is -2.29. The fourth-order valence-corrected chi connectivity index (χ4v) is 4.08. The molecule has 2 saturated carbocycles. The first-order chi connectivity index (χ1) is 10.0. The summed E-state index contributed by atoms with van der Waals surface area (Å²) in [5, 5.41) is 18.6. The number of carboxylic acid groups (broad SMARTS) is 1. The van der Waals surface area contributed by atoms with Crippen LogP contribution < -0.4 is 0 Å². The molecule has 4 atom stereocenters. The highest BCUT2D eigenvalue weighted by atomic mass is 16.4. The number of fused-ring (bicyclic) bond motifs is 1. The molecule has 21 heavy (non-hydrogen) atoms. The Morgan fingerprint density at radius 2 is 1.71 bits per heavy atom. The molecule has 4 heteroatoms. The van der Waals surface area contributed by atoms with Gasteiger partial charge in [0.05, 0.1) is 11.7 Å². The molecule has 2 unspecified atom stereocenters. The third kappa shape index (κ3) is 3.11. The zero-order valence-corrected chi connectivity index (χ0v) is 12.4. The SMILES string of the molecule is CN(Cc1ccc(C(=O)O)cc1)C1C[C@H]2CC(O)C[C@H]2C1. The molecule has 0 radical (unpaired) electrons. The summed E-state index contributed by atoms with van der Waals surface area (Å²) >= 11 is 0. The van der Waals surface area contributed by atoms with Gasteiger partial charge in [-0.3, -0.25) is 4.90 Å². The first-order valence-electron chi connectivity index (χ1n) is 7.73. The minimum atomic E-state index is -0.878. The van der Waals surface area contributed by atoms with Crippen molar-refractivity contribution in [2.75, 3.05) is 7.05 Å². The smallest absolute Gasteiger partial charge is 0.335 e. The van der Waals surface area contributed by atoms with Crippen LogP contribution in [0, 0.1) is 11.8 Å².